The minimum Gasteiger partial charge on any atom is -0.378 e. The van der Waals surface area contributed by atoms with Crippen LogP contribution >= 0.6 is 0 Å². The SMILES string of the molecule is CCCC(C)CN1CCC(COC2CCN(CC(C)CC)CC2)CC1. The van der Waals surface area contributed by atoms with Gasteiger partial charge >= 0.3 is 0 Å². The number of nitrogens with zero attached hydrogens (tertiary/aromatic N) is 2. The third-order valence-corrected chi connectivity index (χ3v) is 6.43. The van der Waals surface area contributed by atoms with Crippen molar-refractivity contribution >= 4 is 0 Å². The van der Waals surface area contributed by atoms with Gasteiger partial charge in [0.05, 0.1) is 6.10 Å². The molecule has 0 aromatic rings. The molecule has 3 heteroatoms. The highest BCUT2D eigenvalue weighted by molar-refractivity contribution is 4.77. The van der Waals surface area contributed by atoms with Gasteiger partial charge in [-0.25, -0.2) is 0 Å². The molecule has 148 valence electrons. The van der Waals surface area contributed by atoms with Crippen molar-refractivity contribution in [3.63, 3.8) is 0 Å². The van der Waals surface area contributed by atoms with Gasteiger partial charge in [0, 0.05) is 32.8 Å². The Labute approximate surface area is 157 Å². The molecule has 2 unspecified atom stereocenters. The Hall–Kier alpha value is -0.120. The van der Waals surface area contributed by atoms with Crippen LogP contribution in [0.4, 0.5) is 0 Å². The van der Waals surface area contributed by atoms with Gasteiger partial charge in [0.2, 0.25) is 0 Å². The van der Waals surface area contributed by atoms with E-state index in [1.807, 2.05) is 0 Å². The zero-order valence-electron chi connectivity index (χ0n) is 17.5. The quantitative estimate of drug-likeness (QED) is 0.568. The largest absolute Gasteiger partial charge is 0.378 e. The summed E-state index contributed by atoms with van der Waals surface area (Å²) < 4.78 is 6.31. The standard InChI is InChI=1S/C22H44N2O/c1-5-7-20(4)17-23-12-8-21(9-13-23)18-25-22-10-14-24(15-11-22)16-19(3)6-2/h19-22H,5-18H2,1-4H3. The van der Waals surface area contributed by atoms with E-state index in [0.29, 0.717) is 6.10 Å². The van der Waals surface area contributed by atoms with Crippen molar-refractivity contribution in [3.8, 4) is 0 Å². The van der Waals surface area contributed by atoms with Crippen molar-refractivity contribution in [3.05, 3.63) is 0 Å². The van der Waals surface area contributed by atoms with E-state index in [0.717, 1.165) is 24.4 Å². The highest BCUT2D eigenvalue weighted by atomic mass is 16.5. The molecule has 2 aliphatic heterocycles. The molecule has 0 aliphatic carbocycles. The van der Waals surface area contributed by atoms with Crippen molar-refractivity contribution < 1.29 is 4.74 Å². The summed E-state index contributed by atoms with van der Waals surface area (Å²) in [6, 6.07) is 0. The molecule has 2 heterocycles. The zero-order chi connectivity index (χ0) is 18.1. The highest BCUT2D eigenvalue weighted by Crippen LogP contribution is 2.22. The fourth-order valence-electron chi connectivity index (χ4n) is 4.46. The fraction of sp³-hybridized carbons (Fsp3) is 1.00. The predicted molar refractivity (Wildman–Crippen MR) is 108 cm³/mol. The van der Waals surface area contributed by atoms with Gasteiger partial charge < -0.3 is 14.5 Å². The first-order valence-electron chi connectivity index (χ1n) is 11.2. The molecular formula is C22H44N2O. The van der Waals surface area contributed by atoms with Crippen LogP contribution in [0.2, 0.25) is 0 Å². The van der Waals surface area contributed by atoms with Gasteiger partial charge in [0.25, 0.3) is 0 Å². The maximum absolute atomic E-state index is 6.31. The lowest BCUT2D eigenvalue weighted by Crippen LogP contribution is -2.41. The monoisotopic (exact) mass is 352 g/mol. The smallest absolute Gasteiger partial charge is 0.0599 e. The molecule has 2 rings (SSSR count). The Morgan fingerprint density at radius 1 is 0.840 bits per heavy atom. The van der Waals surface area contributed by atoms with Gasteiger partial charge in [-0.15, -0.1) is 0 Å². The minimum atomic E-state index is 0.524. The molecular weight excluding hydrogens is 308 g/mol. The van der Waals surface area contributed by atoms with Crippen LogP contribution in [-0.2, 0) is 4.74 Å². The molecule has 0 bridgehead atoms. The van der Waals surface area contributed by atoms with Gasteiger partial charge in [-0.05, 0) is 62.9 Å². The van der Waals surface area contributed by atoms with E-state index >= 15 is 0 Å². The Kier molecular flexibility index (Phi) is 9.80. The lowest BCUT2D eigenvalue weighted by Gasteiger charge is -2.36. The van der Waals surface area contributed by atoms with E-state index in [2.05, 4.69) is 37.5 Å². The molecule has 0 N–H and O–H groups in total. The number of likely N-dealkylation sites (tertiary alicyclic amines) is 2. The molecule has 0 amide bonds. The molecule has 3 nitrogen and oxygen atoms in total. The first-order valence-corrected chi connectivity index (χ1v) is 11.2. The van der Waals surface area contributed by atoms with Crippen LogP contribution in [0.15, 0.2) is 0 Å². The van der Waals surface area contributed by atoms with E-state index in [1.165, 1.54) is 84.2 Å². The molecule has 2 atom stereocenters. The van der Waals surface area contributed by atoms with Crippen LogP contribution < -0.4 is 0 Å². The third kappa shape index (κ3) is 7.97. The third-order valence-electron chi connectivity index (χ3n) is 6.43. The van der Waals surface area contributed by atoms with Gasteiger partial charge in [-0.1, -0.05) is 40.5 Å². The van der Waals surface area contributed by atoms with Crippen molar-refractivity contribution in [1.82, 2.24) is 9.80 Å². The molecule has 0 radical (unpaired) electrons. The summed E-state index contributed by atoms with van der Waals surface area (Å²) in [6.07, 6.45) is 9.67. The predicted octanol–water partition coefficient (Wildman–Crippen LogP) is 4.66. The summed E-state index contributed by atoms with van der Waals surface area (Å²) in [4.78, 5) is 5.33. The molecule has 2 saturated heterocycles. The van der Waals surface area contributed by atoms with E-state index in [4.69, 9.17) is 4.74 Å². The number of hydrogen-bond donors (Lipinski definition) is 0. The lowest BCUT2D eigenvalue weighted by molar-refractivity contribution is -0.0214. The van der Waals surface area contributed by atoms with E-state index in [1.54, 1.807) is 0 Å². The van der Waals surface area contributed by atoms with Crippen LogP contribution in [0.5, 0.6) is 0 Å². The molecule has 2 fully saturated rings. The first-order chi connectivity index (χ1) is 12.1. The molecule has 0 aromatic carbocycles. The van der Waals surface area contributed by atoms with E-state index in [-0.39, 0.29) is 0 Å². The Balaban J connectivity index is 1.55. The fourth-order valence-corrected chi connectivity index (χ4v) is 4.46. The molecule has 25 heavy (non-hydrogen) atoms. The summed E-state index contributed by atoms with van der Waals surface area (Å²) in [5, 5.41) is 0. The summed E-state index contributed by atoms with van der Waals surface area (Å²) in [5.41, 5.74) is 0. The summed E-state index contributed by atoms with van der Waals surface area (Å²) in [6.45, 7) is 18.0. The first kappa shape index (κ1) is 21.2. The van der Waals surface area contributed by atoms with Gasteiger partial charge in [0.1, 0.15) is 0 Å². The molecule has 0 saturated carbocycles. The van der Waals surface area contributed by atoms with E-state index in [9.17, 15) is 0 Å². The van der Waals surface area contributed by atoms with Crippen LogP contribution in [-0.4, -0.2) is 61.8 Å². The summed E-state index contributed by atoms with van der Waals surface area (Å²) >= 11 is 0. The van der Waals surface area contributed by atoms with Crippen molar-refractivity contribution in [1.29, 1.82) is 0 Å². The van der Waals surface area contributed by atoms with Crippen molar-refractivity contribution in [2.75, 3.05) is 45.9 Å². The Morgan fingerprint density at radius 2 is 1.40 bits per heavy atom. The number of ether oxygens (including phenoxy) is 1. The highest BCUT2D eigenvalue weighted by Gasteiger charge is 2.24. The van der Waals surface area contributed by atoms with Crippen LogP contribution in [0.3, 0.4) is 0 Å². The normalized spacial score (nSPS) is 24.5. The number of rotatable bonds is 10. The average molecular weight is 353 g/mol. The maximum atomic E-state index is 6.31. The Morgan fingerprint density at radius 3 is 1.96 bits per heavy atom. The maximum Gasteiger partial charge on any atom is 0.0599 e. The van der Waals surface area contributed by atoms with Crippen LogP contribution in [0, 0.1) is 17.8 Å². The van der Waals surface area contributed by atoms with Crippen molar-refractivity contribution in [2.45, 2.75) is 78.7 Å². The second kappa shape index (κ2) is 11.6. The second-order valence-electron chi connectivity index (χ2n) is 8.98. The topological polar surface area (TPSA) is 15.7 Å². The van der Waals surface area contributed by atoms with Gasteiger partial charge in [-0.2, -0.15) is 0 Å². The average Bonchev–Trinajstić information content (AvgIpc) is 2.62. The van der Waals surface area contributed by atoms with Crippen LogP contribution in [0.25, 0.3) is 0 Å². The number of piperidine rings is 2. The second-order valence-corrected chi connectivity index (χ2v) is 8.98. The summed E-state index contributed by atoms with van der Waals surface area (Å²) in [5.74, 6) is 2.50. The van der Waals surface area contributed by atoms with E-state index < -0.39 is 0 Å². The molecule has 2 aliphatic rings. The van der Waals surface area contributed by atoms with Crippen molar-refractivity contribution in [2.24, 2.45) is 17.8 Å². The lowest BCUT2D eigenvalue weighted by atomic mass is 9.96. The summed E-state index contributed by atoms with van der Waals surface area (Å²) in [7, 11) is 0. The molecule has 0 aromatic heterocycles. The zero-order valence-corrected chi connectivity index (χ0v) is 17.5. The minimum absolute atomic E-state index is 0.524. The Bertz CT molecular complexity index is 333. The molecule has 0 spiro atoms. The number of hydrogen-bond acceptors (Lipinski definition) is 3. The van der Waals surface area contributed by atoms with Gasteiger partial charge in [-0.3, -0.25) is 0 Å². The van der Waals surface area contributed by atoms with Gasteiger partial charge in [0.15, 0.2) is 0 Å². The van der Waals surface area contributed by atoms with Crippen LogP contribution in [0.1, 0.15) is 72.6 Å².